The summed E-state index contributed by atoms with van der Waals surface area (Å²) in [5.41, 5.74) is -1.32. The Kier molecular flexibility index (Phi) is 5.76. The van der Waals surface area contributed by atoms with Gasteiger partial charge in [-0.05, 0) is 70.0 Å². The fourth-order valence-corrected chi connectivity index (χ4v) is 4.90. The van der Waals surface area contributed by atoms with Crippen molar-refractivity contribution in [3.05, 3.63) is 96.8 Å². The number of nitrogens with zero attached hydrogens (tertiary/aromatic N) is 1. The van der Waals surface area contributed by atoms with Crippen molar-refractivity contribution in [2.75, 3.05) is 12.0 Å². The lowest BCUT2D eigenvalue weighted by Gasteiger charge is -2.26. The molecule has 1 aliphatic heterocycles. The molecule has 1 aliphatic rings. The number of anilines is 1. The van der Waals surface area contributed by atoms with Gasteiger partial charge in [0.15, 0.2) is 16.9 Å². The fourth-order valence-electron chi connectivity index (χ4n) is 4.27. The Labute approximate surface area is 214 Å². The largest absolute Gasteiger partial charge is 0.503 e. The molecule has 1 amide bonds. The number of halogens is 5. The number of methoxy groups -OCH3 is 1. The summed E-state index contributed by atoms with van der Waals surface area (Å²) in [6.07, 6.45) is -4.66. The van der Waals surface area contributed by atoms with E-state index >= 15 is 0 Å². The van der Waals surface area contributed by atoms with E-state index in [1.807, 2.05) is 0 Å². The number of phenols is 1. The molecule has 0 radical (unpaired) electrons. The van der Waals surface area contributed by atoms with E-state index in [0.717, 1.165) is 17.0 Å². The van der Waals surface area contributed by atoms with Gasteiger partial charge in [0, 0.05) is 10.7 Å². The Hall–Kier alpha value is -3.50. The van der Waals surface area contributed by atoms with Gasteiger partial charge in [0.1, 0.15) is 5.58 Å². The second-order valence-corrected chi connectivity index (χ2v) is 9.28. The van der Waals surface area contributed by atoms with Crippen LogP contribution in [0.1, 0.15) is 33.3 Å². The highest BCUT2D eigenvalue weighted by Crippen LogP contribution is 2.46. The van der Waals surface area contributed by atoms with Gasteiger partial charge in [-0.3, -0.25) is 14.5 Å². The molecule has 1 N–H and O–H groups in total. The highest BCUT2D eigenvalue weighted by Gasteiger charge is 2.44. The van der Waals surface area contributed by atoms with Crippen molar-refractivity contribution in [3.8, 4) is 11.5 Å². The Morgan fingerprint density at radius 3 is 2.56 bits per heavy atom. The van der Waals surface area contributed by atoms with Gasteiger partial charge in [-0.25, -0.2) is 0 Å². The van der Waals surface area contributed by atoms with Gasteiger partial charge in [0.25, 0.3) is 5.91 Å². The molecule has 5 rings (SSSR count). The lowest BCUT2D eigenvalue weighted by molar-refractivity contribution is -0.137. The summed E-state index contributed by atoms with van der Waals surface area (Å²) >= 11 is 9.29. The zero-order valence-corrected chi connectivity index (χ0v) is 20.5. The van der Waals surface area contributed by atoms with Crippen LogP contribution in [-0.4, -0.2) is 18.1 Å². The van der Waals surface area contributed by atoms with Crippen LogP contribution >= 0.6 is 27.5 Å². The van der Waals surface area contributed by atoms with Crippen LogP contribution in [0.25, 0.3) is 11.0 Å². The predicted molar refractivity (Wildman–Crippen MR) is 130 cm³/mol. The predicted octanol–water partition coefficient (Wildman–Crippen LogP) is 6.69. The number of alkyl halides is 3. The lowest BCUT2D eigenvalue weighted by Crippen LogP contribution is -2.29. The number of carbonyl (C=O) groups excluding carboxylic acids is 1. The Morgan fingerprint density at radius 1 is 1.11 bits per heavy atom. The van der Waals surface area contributed by atoms with Gasteiger partial charge < -0.3 is 14.3 Å². The maximum atomic E-state index is 13.6. The van der Waals surface area contributed by atoms with Crippen molar-refractivity contribution in [3.63, 3.8) is 0 Å². The molecule has 0 spiro atoms. The Bertz CT molecular complexity index is 1620. The van der Waals surface area contributed by atoms with Gasteiger partial charge in [0.05, 0.1) is 34.1 Å². The average molecular weight is 581 g/mol. The van der Waals surface area contributed by atoms with Crippen LogP contribution in [0.15, 0.2) is 68.3 Å². The zero-order valence-electron chi connectivity index (χ0n) is 18.2. The maximum Gasteiger partial charge on any atom is 0.416 e. The summed E-state index contributed by atoms with van der Waals surface area (Å²) in [6, 6.07) is 10.2. The van der Waals surface area contributed by atoms with E-state index in [9.17, 15) is 27.9 Å². The van der Waals surface area contributed by atoms with E-state index < -0.39 is 29.1 Å². The Morgan fingerprint density at radius 2 is 1.86 bits per heavy atom. The molecule has 0 aliphatic carbocycles. The third-order valence-electron chi connectivity index (χ3n) is 5.87. The highest BCUT2D eigenvalue weighted by atomic mass is 79.9. The first kappa shape index (κ1) is 24.2. The topological polar surface area (TPSA) is 80.0 Å². The summed E-state index contributed by atoms with van der Waals surface area (Å²) < 4.78 is 51.7. The quantitative estimate of drug-likeness (QED) is 0.292. The molecule has 0 fully saturated rings. The molecule has 4 aromatic rings. The van der Waals surface area contributed by atoms with Gasteiger partial charge in [-0.1, -0.05) is 17.7 Å². The second kappa shape index (κ2) is 8.56. The van der Waals surface area contributed by atoms with Crippen LogP contribution in [0.5, 0.6) is 11.5 Å². The molecule has 6 nitrogen and oxygen atoms in total. The molecule has 2 heterocycles. The van der Waals surface area contributed by atoms with Crippen molar-refractivity contribution >= 4 is 50.1 Å². The molecular weight excluding hydrogens is 567 g/mol. The maximum absolute atomic E-state index is 13.6. The van der Waals surface area contributed by atoms with E-state index in [2.05, 4.69) is 15.9 Å². The standard InChI is InChI=1S/C25H14BrClF3NO5/c1-35-18-8-11(7-16(26)22(18)33)20-19-21(32)15-10-13(27)5-6-17(15)36-23(19)24(34)31(20)14-4-2-3-12(9-14)25(28,29)30/h2-10,20,33H,1H3. The van der Waals surface area contributed by atoms with Gasteiger partial charge in [0.2, 0.25) is 5.76 Å². The van der Waals surface area contributed by atoms with E-state index in [1.165, 1.54) is 49.6 Å². The van der Waals surface area contributed by atoms with E-state index in [-0.39, 0.29) is 54.5 Å². The number of benzene rings is 3. The second-order valence-electron chi connectivity index (χ2n) is 7.99. The third-order valence-corrected chi connectivity index (χ3v) is 6.71. The highest BCUT2D eigenvalue weighted by molar-refractivity contribution is 9.10. The number of aromatic hydroxyl groups is 1. The molecule has 1 atom stereocenters. The van der Waals surface area contributed by atoms with Gasteiger partial charge in [-0.15, -0.1) is 0 Å². The first-order chi connectivity index (χ1) is 17.0. The number of rotatable bonds is 3. The minimum atomic E-state index is -4.66. The van der Waals surface area contributed by atoms with E-state index in [1.54, 1.807) is 0 Å². The van der Waals surface area contributed by atoms with E-state index in [0.29, 0.717) is 0 Å². The normalized spacial score (nSPS) is 15.4. The monoisotopic (exact) mass is 579 g/mol. The molecule has 36 heavy (non-hydrogen) atoms. The first-order valence-corrected chi connectivity index (χ1v) is 11.5. The summed E-state index contributed by atoms with van der Waals surface area (Å²) in [6.45, 7) is 0. The molecule has 11 heteroatoms. The summed E-state index contributed by atoms with van der Waals surface area (Å²) in [5, 5.41) is 10.6. The third kappa shape index (κ3) is 3.81. The van der Waals surface area contributed by atoms with Crippen LogP contribution in [0.2, 0.25) is 5.02 Å². The number of ether oxygens (including phenoxy) is 1. The average Bonchev–Trinajstić information content (AvgIpc) is 3.13. The summed E-state index contributed by atoms with van der Waals surface area (Å²) in [5.74, 6) is -1.31. The number of hydrogen-bond donors (Lipinski definition) is 1. The van der Waals surface area contributed by atoms with Crippen LogP contribution in [0.3, 0.4) is 0 Å². The van der Waals surface area contributed by atoms with Crippen LogP contribution in [-0.2, 0) is 6.18 Å². The van der Waals surface area contributed by atoms with Crippen molar-refractivity contribution in [1.29, 1.82) is 0 Å². The van der Waals surface area contributed by atoms with Crippen molar-refractivity contribution < 1.29 is 32.2 Å². The Balaban J connectivity index is 1.83. The van der Waals surface area contributed by atoms with Gasteiger partial charge in [-0.2, -0.15) is 13.2 Å². The molecule has 0 saturated heterocycles. The number of carbonyl (C=O) groups is 1. The number of amides is 1. The van der Waals surface area contributed by atoms with E-state index in [4.69, 9.17) is 20.8 Å². The lowest BCUT2D eigenvalue weighted by atomic mass is 9.97. The van der Waals surface area contributed by atoms with Crippen LogP contribution in [0.4, 0.5) is 18.9 Å². The van der Waals surface area contributed by atoms with Crippen molar-refractivity contribution in [1.82, 2.24) is 0 Å². The molecular formula is C25H14BrClF3NO5. The number of hydrogen-bond acceptors (Lipinski definition) is 5. The smallest absolute Gasteiger partial charge is 0.416 e. The minimum absolute atomic E-state index is 0.0255. The SMILES string of the molecule is COc1cc(C2c3c(oc4ccc(Cl)cc4c3=O)C(=O)N2c2cccc(C(F)(F)F)c2)cc(Br)c1O. The molecule has 1 aromatic heterocycles. The summed E-state index contributed by atoms with van der Waals surface area (Å²) in [7, 11) is 1.31. The molecule has 184 valence electrons. The molecule has 1 unspecified atom stereocenters. The fraction of sp³-hybridized carbons (Fsp3) is 0.120. The van der Waals surface area contributed by atoms with Crippen molar-refractivity contribution in [2.24, 2.45) is 0 Å². The minimum Gasteiger partial charge on any atom is -0.503 e. The zero-order chi connectivity index (χ0) is 25.9. The van der Waals surface area contributed by atoms with Crippen LogP contribution in [0, 0.1) is 0 Å². The van der Waals surface area contributed by atoms with Crippen LogP contribution < -0.4 is 15.1 Å². The molecule has 0 saturated carbocycles. The first-order valence-electron chi connectivity index (χ1n) is 10.3. The summed E-state index contributed by atoms with van der Waals surface area (Å²) in [4.78, 5) is 28.3. The number of fused-ring (bicyclic) bond motifs is 2. The molecule has 3 aromatic carbocycles. The number of phenolic OH excluding ortho intramolecular Hbond substituents is 1. The molecule has 0 bridgehead atoms. The van der Waals surface area contributed by atoms with Gasteiger partial charge >= 0.3 is 6.18 Å². The van der Waals surface area contributed by atoms with Crippen molar-refractivity contribution in [2.45, 2.75) is 12.2 Å².